The highest BCUT2D eigenvalue weighted by molar-refractivity contribution is 7.99. The molecule has 0 aromatic carbocycles. The third kappa shape index (κ3) is 8.21. The minimum absolute atomic E-state index is 0. The molecular weight excluding hydrogens is 313 g/mol. The largest absolute Gasteiger partial charge is 0.406 e. The molecule has 0 aliphatic carbocycles. The number of alkyl halides is 3. The van der Waals surface area contributed by atoms with Gasteiger partial charge >= 0.3 is 6.18 Å². The molecule has 20 heavy (non-hydrogen) atoms. The fourth-order valence-electron chi connectivity index (χ4n) is 1.95. The summed E-state index contributed by atoms with van der Waals surface area (Å²) in [6.45, 7) is 1.77. The molecule has 1 unspecified atom stereocenters. The minimum Gasteiger partial charge on any atom is -0.334 e. The lowest BCUT2D eigenvalue weighted by atomic mass is 10.2. The Balaban J connectivity index is 0.00000361. The lowest BCUT2D eigenvalue weighted by molar-refractivity contribution is -0.161. The van der Waals surface area contributed by atoms with Crippen LogP contribution in [0.25, 0.3) is 0 Å². The van der Waals surface area contributed by atoms with Crippen LogP contribution in [0.4, 0.5) is 13.2 Å². The van der Waals surface area contributed by atoms with Crippen LogP contribution in [0.1, 0.15) is 26.2 Å². The van der Waals surface area contributed by atoms with Gasteiger partial charge < -0.3 is 10.2 Å². The van der Waals surface area contributed by atoms with E-state index >= 15 is 0 Å². The molecule has 1 amide bonds. The van der Waals surface area contributed by atoms with Crippen LogP contribution in [0.15, 0.2) is 0 Å². The Hall–Kier alpha value is -0.140. The van der Waals surface area contributed by atoms with Crippen LogP contribution in [-0.2, 0) is 4.79 Å². The lowest BCUT2D eigenvalue weighted by Crippen LogP contribution is -2.45. The van der Waals surface area contributed by atoms with Crippen LogP contribution in [0, 0.1) is 0 Å². The Bertz CT molecular complexity index is 286. The second-order valence-electron chi connectivity index (χ2n) is 4.71. The number of amides is 1. The van der Waals surface area contributed by atoms with Crippen LogP contribution < -0.4 is 5.32 Å². The Kier molecular flexibility index (Phi) is 9.67. The van der Waals surface area contributed by atoms with Crippen molar-refractivity contribution in [2.45, 2.75) is 38.4 Å². The second-order valence-corrected chi connectivity index (χ2v) is 5.86. The molecule has 120 valence electrons. The van der Waals surface area contributed by atoms with Crippen molar-refractivity contribution < 1.29 is 18.0 Å². The molecule has 1 aliphatic rings. The summed E-state index contributed by atoms with van der Waals surface area (Å²) in [6, 6.07) is 0.00334. The molecule has 1 atom stereocenters. The van der Waals surface area contributed by atoms with Crippen LogP contribution >= 0.6 is 24.2 Å². The van der Waals surface area contributed by atoms with Gasteiger partial charge in [0.05, 0.1) is 0 Å². The van der Waals surface area contributed by atoms with E-state index in [4.69, 9.17) is 0 Å². The van der Waals surface area contributed by atoms with Gasteiger partial charge in [0.15, 0.2) is 0 Å². The van der Waals surface area contributed by atoms with E-state index in [1.54, 1.807) is 11.8 Å². The fraction of sp³-hybridized carbons (Fsp3) is 0.917. The average molecular weight is 335 g/mol. The predicted molar refractivity (Wildman–Crippen MR) is 78.5 cm³/mol. The van der Waals surface area contributed by atoms with Gasteiger partial charge in [0.1, 0.15) is 6.54 Å². The third-order valence-electron chi connectivity index (χ3n) is 2.92. The number of hydrogen-bond acceptors (Lipinski definition) is 3. The number of hydrogen-bond donors (Lipinski definition) is 1. The van der Waals surface area contributed by atoms with E-state index in [0.29, 0.717) is 6.42 Å². The zero-order valence-electron chi connectivity index (χ0n) is 11.5. The first-order valence-corrected chi connectivity index (χ1v) is 7.73. The van der Waals surface area contributed by atoms with Gasteiger partial charge in [0.25, 0.3) is 0 Å². The first-order valence-electron chi connectivity index (χ1n) is 6.58. The summed E-state index contributed by atoms with van der Waals surface area (Å²) in [5.74, 6) is 1.39. The SMILES string of the molecule is CCCCN(CC(F)(F)F)C(=O)CC1CSCCN1.Cl. The summed E-state index contributed by atoms with van der Waals surface area (Å²) < 4.78 is 37.4. The first kappa shape index (κ1) is 19.9. The topological polar surface area (TPSA) is 32.3 Å². The highest BCUT2D eigenvalue weighted by Gasteiger charge is 2.33. The molecule has 1 aliphatic heterocycles. The van der Waals surface area contributed by atoms with E-state index < -0.39 is 18.6 Å². The number of rotatable bonds is 6. The van der Waals surface area contributed by atoms with E-state index in [1.165, 1.54) is 0 Å². The number of carbonyl (C=O) groups is 1. The normalized spacial score (nSPS) is 19.3. The molecule has 0 saturated carbocycles. The van der Waals surface area contributed by atoms with E-state index in [1.807, 2.05) is 6.92 Å². The predicted octanol–water partition coefficient (Wildman–Crippen LogP) is 2.69. The summed E-state index contributed by atoms with van der Waals surface area (Å²) in [4.78, 5) is 12.9. The van der Waals surface area contributed by atoms with Crippen molar-refractivity contribution in [2.75, 3.05) is 31.1 Å². The second kappa shape index (κ2) is 9.73. The highest BCUT2D eigenvalue weighted by atomic mass is 35.5. The van der Waals surface area contributed by atoms with Crippen molar-refractivity contribution in [3.8, 4) is 0 Å². The van der Waals surface area contributed by atoms with E-state index in [0.717, 1.165) is 29.4 Å². The van der Waals surface area contributed by atoms with Gasteiger partial charge in [-0.2, -0.15) is 24.9 Å². The summed E-state index contributed by atoms with van der Waals surface area (Å²) in [7, 11) is 0. The maximum atomic E-state index is 12.5. The number of halogens is 4. The maximum absolute atomic E-state index is 12.5. The quantitative estimate of drug-likeness (QED) is 0.810. The van der Waals surface area contributed by atoms with Gasteiger partial charge in [-0.05, 0) is 6.42 Å². The Morgan fingerprint density at radius 3 is 2.65 bits per heavy atom. The maximum Gasteiger partial charge on any atom is 0.406 e. The van der Waals surface area contributed by atoms with Gasteiger partial charge in [-0.15, -0.1) is 12.4 Å². The summed E-state index contributed by atoms with van der Waals surface area (Å²) in [6.07, 6.45) is -2.78. The van der Waals surface area contributed by atoms with Crippen molar-refractivity contribution >= 4 is 30.1 Å². The molecule has 1 heterocycles. The highest BCUT2D eigenvalue weighted by Crippen LogP contribution is 2.19. The van der Waals surface area contributed by atoms with Crippen molar-refractivity contribution in [3.63, 3.8) is 0 Å². The Labute approximate surface area is 128 Å². The molecule has 0 spiro atoms. The van der Waals surface area contributed by atoms with Crippen LogP contribution in [0.2, 0.25) is 0 Å². The summed E-state index contributed by atoms with van der Waals surface area (Å²) in [5.41, 5.74) is 0. The van der Waals surface area contributed by atoms with Gasteiger partial charge in [-0.25, -0.2) is 0 Å². The first-order chi connectivity index (χ1) is 8.92. The zero-order chi connectivity index (χ0) is 14.3. The molecule has 1 rings (SSSR count). The third-order valence-corrected chi connectivity index (χ3v) is 4.05. The van der Waals surface area contributed by atoms with Crippen molar-refractivity contribution in [1.29, 1.82) is 0 Å². The van der Waals surface area contributed by atoms with E-state index in [9.17, 15) is 18.0 Å². The van der Waals surface area contributed by atoms with Crippen molar-refractivity contribution in [2.24, 2.45) is 0 Å². The van der Waals surface area contributed by atoms with Crippen LogP contribution in [0.5, 0.6) is 0 Å². The van der Waals surface area contributed by atoms with Gasteiger partial charge in [-0.3, -0.25) is 4.79 Å². The summed E-state index contributed by atoms with van der Waals surface area (Å²) >= 11 is 1.73. The number of nitrogens with one attached hydrogen (secondary N) is 1. The van der Waals surface area contributed by atoms with Gasteiger partial charge in [0, 0.05) is 37.1 Å². The fourth-order valence-corrected chi connectivity index (χ4v) is 2.90. The monoisotopic (exact) mass is 334 g/mol. The van der Waals surface area contributed by atoms with E-state index in [-0.39, 0.29) is 31.4 Å². The Morgan fingerprint density at radius 2 is 2.15 bits per heavy atom. The molecule has 8 heteroatoms. The standard InChI is InChI=1S/C12H21F3N2OS.ClH/c1-2-3-5-17(9-12(13,14)15)11(18)7-10-8-19-6-4-16-10;/h10,16H,2-9H2,1H3;1H. The van der Waals surface area contributed by atoms with Crippen molar-refractivity contribution in [3.05, 3.63) is 0 Å². The van der Waals surface area contributed by atoms with E-state index in [2.05, 4.69) is 5.32 Å². The molecular formula is C12H22ClF3N2OS. The molecule has 3 nitrogen and oxygen atoms in total. The number of carbonyl (C=O) groups excluding carboxylic acids is 1. The van der Waals surface area contributed by atoms with Crippen molar-refractivity contribution in [1.82, 2.24) is 10.2 Å². The lowest BCUT2D eigenvalue weighted by Gasteiger charge is -2.28. The minimum atomic E-state index is -4.32. The number of thioether (sulfide) groups is 1. The zero-order valence-corrected chi connectivity index (χ0v) is 13.2. The smallest absolute Gasteiger partial charge is 0.334 e. The van der Waals surface area contributed by atoms with Crippen LogP contribution in [-0.4, -0.2) is 54.2 Å². The molecule has 0 bridgehead atoms. The average Bonchev–Trinajstić information content (AvgIpc) is 2.34. The summed E-state index contributed by atoms with van der Waals surface area (Å²) in [5, 5.41) is 3.17. The van der Waals surface area contributed by atoms with Crippen LogP contribution in [0.3, 0.4) is 0 Å². The van der Waals surface area contributed by atoms with Gasteiger partial charge in [-0.1, -0.05) is 13.3 Å². The van der Waals surface area contributed by atoms with Gasteiger partial charge in [0.2, 0.25) is 5.91 Å². The molecule has 1 N–H and O–H groups in total. The molecule has 0 radical (unpaired) electrons. The molecule has 0 aromatic rings. The molecule has 0 aromatic heterocycles. The Morgan fingerprint density at radius 1 is 1.45 bits per heavy atom. The number of nitrogens with zero attached hydrogens (tertiary/aromatic N) is 1. The number of unbranched alkanes of at least 4 members (excludes halogenated alkanes) is 1. The molecule has 1 fully saturated rings. The molecule has 1 saturated heterocycles.